The molecule has 7 N–H and O–H groups in total. The van der Waals surface area contributed by atoms with Crippen LogP contribution in [0.25, 0.3) is 0 Å². The first kappa shape index (κ1) is 10.7. The molecule has 1 atom stereocenters. The molecule has 80 valence electrons. The van der Waals surface area contributed by atoms with Crippen LogP contribution in [0.15, 0.2) is 9.98 Å². The summed E-state index contributed by atoms with van der Waals surface area (Å²) in [4.78, 5) is 16.9. The van der Waals surface area contributed by atoms with Crippen LogP contribution in [-0.2, 0) is 9.68 Å². The summed E-state index contributed by atoms with van der Waals surface area (Å²) in [6.07, 6.45) is 0. The van der Waals surface area contributed by atoms with Gasteiger partial charge in [-0.05, 0) is 0 Å². The summed E-state index contributed by atoms with van der Waals surface area (Å²) < 4.78 is 0. The van der Waals surface area contributed by atoms with Crippen molar-refractivity contribution in [3.05, 3.63) is 0 Å². The molecule has 14 heavy (non-hydrogen) atoms. The molecule has 9 heteroatoms. The summed E-state index contributed by atoms with van der Waals surface area (Å²) in [6.45, 7) is 0. The second kappa shape index (κ2) is 4.19. The Kier molecular flexibility index (Phi) is 3.19. The van der Waals surface area contributed by atoms with Gasteiger partial charge in [-0.1, -0.05) is 0 Å². The van der Waals surface area contributed by atoms with Crippen molar-refractivity contribution in [3.8, 4) is 0 Å². The summed E-state index contributed by atoms with van der Waals surface area (Å²) in [6, 6.07) is 0. The lowest BCUT2D eigenvalue weighted by Crippen LogP contribution is -2.59. The maximum Gasteiger partial charge on any atom is 0.290 e. The average molecular weight is 203 g/mol. The molecule has 1 rings (SSSR count). The normalized spacial score (nSPS) is 26.2. The van der Waals surface area contributed by atoms with Gasteiger partial charge < -0.3 is 5.73 Å². The maximum atomic E-state index is 5.65. The van der Waals surface area contributed by atoms with Crippen LogP contribution in [0.4, 0.5) is 0 Å². The Balaban J connectivity index is 2.78. The molecule has 0 amide bonds. The molecule has 0 aromatic rings. The van der Waals surface area contributed by atoms with Crippen LogP contribution in [0.2, 0.25) is 0 Å². The third-order valence-electron chi connectivity index (χ3n) is 1.27. The topological polar surface area (TPSA) is 131 Å². The van der Waals surface area contributed by atoms with Crippen molar-refractivity contribution in [1.29, 1.82) is 0 Å². The van der Waals surface area contributed by atoms with Crippen molar-refractivity contribution >= 4 is 11.9 Å². The molecule has 0 saturated carbocycles. The molecular weight excluding hydrogens is 190 g/mol. The highest BCUT2D eigenvalue weighted by atomic mass is 16.6. The molecule has 0 aromatic heterocycles. The minimum Gasteiger partial charge on any atom is -0.369 e. The zero-order chi connectivity index (χ0) is 10.6. The summed E-state index contributed by atoms with van der Waals surface area (Å²) >= 11 is 0. The van der Waals surface area contributed by atoms with Gasteiger partial charge in [0.25, 0.3) is 5.91 Å². The van der Waals surface area contributed by atoms with Gasteiger partial charge in [-0.2, -0.15) is 9.98 Å². The van der Waals surface area contributed by atoms with Crippen molar-refractivity contribution < 1.29 is 9.68 Å². The second-order valence-corrected chi connectivity index (χ2v) is 2.42. The molecular formula is C5H13N7O2. The van der Waals surface area contributed by atoms with E-state index in [1.165, 1.54) is 14.2 Å². The van der Waals surface area contributed by atoms with Crippen molar-refractivity contribution in [2.24, 2.45) is 21.5 Å². The van der Waals surface area contributed by atoms with Crippen molar-refractivity contribution in [3.63, 3.8) is 0 Å². The van der Waals surface area contributed by atoms with Gasteiger partial charge in [0, 0.05) is 0 Å². The Morgan fingerprint density at radius 1 is 1.36 bits per heavy atom. The number of hydrogen-bond donors (Lipinski definition) is 5. The van der Waals surface area contributed by atoms with Crippen LogP contribution >= 0.6 is 0 Å². The predicted molar refractivity (Wildman–Crippen MR) is 49.4 cm³/mol. The third-order valence-corrected chi connectivity index (χ3v) is 1.27. The number of hydroxylamine groups is 2. The Morgan fingerprint density at radius 3 is 2.64 bits per heavy atom. The van der Waals surface area contributed by atoms with E-state index in [-0.39, 0.29) is 11.9 Å². The molecule has 9 nitrogen and oxygen atoms in total. The molecule has 0 fully saturated rings. The van der Waals surface area contributed by atoms with Gasteiger partial charge in [-0.15, -0.1) is 5.48 Å². The van der Waals surface area contributed by atoms with E-state index < -0.39 is 5.91 Å². The van der Waals surface area contributed by atoms with E-state index in [4.69, 9.17) is 11.5 Å². The molecule has 1 aliphatic rings. The maximum absolute atomic E-state index is 5.65. The van der Waals surface area contributed by atoms with Gasteiger partial charge in [-0.3, -0.25) is 20.7 Å². The highest BCUT2D eigenvalue weighted by Gasteiger charge is 2.28. The molecule has 0 spiro atoms. The SMILES string of the molecule is CONC1=NC(N)(NOC)N=C(N)N1. The van der Waals surface area contributed by atoms with Crippen LogP contribution in [-0.4, -0.2) is 32.0 Å². The Bertz CT molecular complexity index is 265. The fourth-order valence-corrected chi connectivity index (χ4v) is 0.897. The molecule has 0 bridgehead atoms. The Labute approximate surface area is 80.4 Å². The van der Waals surface area contributed by atoms with Gasteiger partial charge in [0.1, 0.15) is 0 Å². The number of nitrogens with zero attached hydrogens (tertiary/aromatic N) is 2. The molecule has 1 unspecified atom stereocenters. The van der Waals surface area contributed by atoms with E-state index in [1.807, 2.05) is 0 Å². The second-order valence-electron chi connectivity index (χ2n) is 2.42. The molecule has 0 radical (unpaired) electrons. The number of guanidine groups is 2. The summed E-state index contributed by atoms with van der Waals surface area (Å²) in [5.41, 5.74) is 15.9. The van der Waals surface area contributed by atoms with Crippen LogP contribution in [0, 0.1) is 0 Å². The zero-order valence-corrected chi connectivity index (χ0v) is 7.87. The number of hydrogen-bond acceptors (Lipinski definition) is 9. The number of aliphatic imine (C=N–C) groups is 2. The lowest BCUT2D eigenvalue weighted by molar-refractivity contribution is 0.0196. The fourth-order valence-electron chi connectivity index (χ4n) is 0.897. The van der Waals surface area contributed by atoms with Gasteiger partial charge >= 0.3 is 0 Å². The van der Waals surface area contributed by atoms with Gasteiger partial charge in [0.05, 0.1) is 14.2 Å². The van der Waals surface area contributed by atoms with E-state index in [2.05, 4.69) is 35.9 Å². The van der Waals surface area contributed by atoms with E-state index in [9.17, 15) is 0 Å². The summed E-state index contributed by atoms with van der Waals surface area (Å²) in [7, 11) is 2.81. The standard InChI is InChI=1S/C5H13N7O2/c1-13-11-4-8-3(6)9-5(7,10-4)12-14-2/h12H,7H2,1-2H3,(H4,6,8,9,10,11). The number of nitrogens with two attached hydrogens (primary N) is 2. The van der Waals surface area contributed by atoms with Gasteiger partial charge in [0.2, 0.25) is 5.96 Å². The van der Waals surface area contributed by atoms with Crippen molar-refractivity contribution in [2.45, 2.75) is 5.91 Å². The molecule has 1 heterocycles. The molecule has 1 aliphatic heterocycles. The predicted octanol–water partition coefficient (Wildman–Crippen LogP) is -2.87. The highest BCUT2D eigenvalue weighted by Crippen LogP contribution is 2.03. The minimum absolute atomic E-state index is 0.0894. The van der Waals surface area contributed by atoms with Crippen LogP contribution < -0.4 is 27.7 Å². The molecule has 0 aliphatic carbocycles. The Morgan fingerprint density at radius 2 is 2.07 bits per heavy atom. The van der Waals surface area contributed by atoms with Crippen molar-refractivity contribution in [1.82, 2.24) is 16.3 Å². The van der Waals surface area contributed by atoms with Crippen LogP contribution in [0.3, 0.4) is 0 Å². The van der Waals surface area contributed by atoms with E-state index in [0.717, 1.165) is 0 Å². The number of rotatable bonds is 3. The monoisotopic (exact) mass is 203 g/mol. The quantitative estimate of drug-likeness (QED) is 0.246. The Hall–Kier alpha value is -1.42. The lowest BCUT2D eigenvalue weighted by Gasteiger charge is -2.26. The van der Waals surface area contributed by atoms with Gasteiger partial charge in [-0.25, -0.2) is 5.48 Å². The first-order chi connectivity index (χ1) is 6.59. The van der Waals surface area contributed by atoms with E-state index in [1.54, 1.807) is 0 Å². The zero-order valence-electron chi connectivity index (χ0n) is 7.87. The average Bonchev–Trinajstić information content (AvgIpc) is 2.02. The highest BCUT2D eigenvalue weighted by molar-refractivity contribution is 5.99. The van der Waals surface area contributed by atoms with Crippen molar-refractivity contribution in [2.75, 3.05) is 14.2 Å². The fraction of sp³-hybridized carbons (Fsp3) is 0.600. The third kappa shape index (κ3) is 2.53. The molecule has 0 saturated heterocycles. The van der Waals surface area contributed by atoms with Crippen LogP contribution in [0.5, 0.6) is 0 Å². The lowest BCUT2D eigenvalue weighted by atomic mass is 10.6. The number of nitrogens with one attached hydrogen (secondary N) is 3. The van der Waals surface area contributed by atoms with E-state index in [0.29, 0.717) is 0 Å². The summed E-state index contributed by atoms with van der Waals surface area (Å²) in [5.74, 6) is -1.14. The van der Waals surface area contributed by atoms with Crippen LogP contribution in [0.1, 0.15) is 0 Å². The first-order valence-corrected chi connectivity index (χ1v) is 3.70. The first-order valence-electron chi connectivity index (χ1n) is 3.70. The smallest absolute Gasteiger partial charge is 0.290 e. The minimum atomic E-state index is -1.45. The van der Waals surface area contributed by atoms with Gasteiger partial charge in [0.15, 0.2) is 5.96 Å². The van der Waals surface area contributed by atoms with E-state index >= 15 is 0 Å². The molecule has 0 aromatic carbocycles. The summed E-state index contributed by atoms with van der Waals surface area (Å²) in [5, 5.41) is 2.60. The largest absolute Gasteiger partial charge is 0.369 e.